The Bertz CT molecular complexity index is 197. The molecule has 0 saturated heterocycles. The molecule has 0 amide bonds. The normalized spacial score (nSPS) is 7.69. The van der Waals surface area contributed by atoms with Crippen LogP contribution in [0.15, 0.2) is 12.4 Å². The summed E-state index contributed by atoms with van der Waals surface area (Å²) in [7, 11) is 0. The molecule has 1 rings (SSSR count). The molecule has 0 aliphatic carbocycles. The first-order valence-electron chi connectivity index (χ1n) is 4.61. The summed E-state index contributed by atoms with van der Waals surface area (Å²) in [6, 6.07) is 0. The zero-order chi connectivity index (χ0) is 10.7. The van der Waals surface area contributed by atoms with Gasteiger partial charge in [-0.2, -0.15) is 5.10 Å². The summed E-state index contributed by atoms with van der Waals surface area (Å²) in [4.78, 5) is 8.00. The number of nitrogens with zero attached hydrogens (tertiary/aromatic N) is 2. The van der Waals surface area contributed by atoms with Gasteiger partial charge in [0.2, 0.25) is 0 Å². The van der Waals surface area contributed by atoms with Crippen LogP contribution in [0.4, 0.5) is 0 Å². The van der Waals surface area contributed by atoms with Gasteiger partial charge in [0.15, 0.2) is 0 Å². The molecule has 0 unspecified atom stereocenters. The summed E-state index contributed by atoms with van der Waals surface area (Å²) >= 11 is 0. The van der Waals surface area contributed by atoms with Crippen molar-refractivity contribution in [2.24, 2.45) is 0 Å². The van der Waals surface area contributed by atoms with Crippen LogP contribution in [0.5, 0.6) is 0 Å². The minimum Gasteiger partial charge on any atom is -0.307 e. The van der Waals surface area contributed by atoms with E-state index in [2.05, 4.69) is 25.1 Å². The predicted molar refractivity (Wildman–Crippen MR) is 55.7 cm³/mol. The van der Waals surface area contributed by atoms with E-state index in [9.17, 15) is 0 Å². The van der Waals surface area contributed by atoms with E-state index in [4.69, 9.17) is 4.79 Å². The molecule has 3 heteroatoms. The van der Waals surface area contributed by atoms with Crippen LogP contribution in [0.3, 0.4) is 0 Å². The molecule has 0 bridgehead atoms. The van der Waals surface area contributed by atoms with Crippen molar-refractivity contribution < 1.29 is 4.79 Å². The van der Waals surface area contributed by atoms with Crippen molar-refractivity contribution in [3.63, 3.8) is 0 Å². The predicted octanol–water partition coefficient (Wildman–Crippen LogP) is 2.44. The van der Waals surface area contributed by atoms with Gasteiger partial charge in [-0.15, -0.1) is 0 Å². The van der Waals surface area contributed by atoms with Gasteiger partial charge < -0.3 is 4.79 Å². The first kappa shape index (κ1) is 14.4. The summed E-state index contributed by atoms with van der Waals surface area (Å²) in [5.74, 6) is 0. The minimum absolute atomic E-state index is 1.04. The smallest absolute Gasteiger partial charge is 0.106 e. The minimum atomic E-state index is 1.04. The Morgan fingerprint density at radius 1 is 1.46 bits per heavy atom. The highest BCUT2D eigenvalue weighted by Crippen LogP contribution is 1.94. The average Bonchev–Trinajstić information content (AvgIpc) is 2.59. The lowest BCUT2D eigenvalue weighted by Gasteiger charge is -1.93. The maximum atomic E-state index is 8.00. The molecule has 13 heavy (non-hydrogen) atoms. The monoisotopic (exact) mass is 184 g/mol. The molecule has 0 aliphatic rings. The van der Waals surface area contributed by atoms with Gasteiger partial charge >= 0.3 is 0 Å². The highest BCUT2D eigenvalue weighted by Gasteiger charge is 1.88. The Balaban J connectivity index is 0. The van der Waals surface area contributed by atoms with Crippen LogP contribution in [0.1, 0.15) is 32.8 Å². The Kier molecular flexibility index (Phi) is 12.1. The van der Waals surface area contributed by atoms with Crippen LogP contribution < -0.4 is 0 Å². The van der Waals surface area contributed by atoms with Crippen LogP contribution >= 0.6 is 0 Å². The van der Waals surface area contributed by atoms with Crippen LogP contribution in [-0.4, -0.2) is 16.6 Å². The topological polar surface area (TPSA) is 34.9 Å². The van der Waals surface area contributed by atoms with Crippen molar-refractivity contribution in [1.82, 2.24) is 9.78 Å². The van der Waals surface area contributed by atoms with Crippen molar-refractivity contribution in [2.45, 2.75) is 40.7 Å². The average molecular weight is 184 g/mol. The van der Waals surface area contributed by atoms with Crippen LogP contribution in [0, 0.1) is 6.92 Å². The summed E-state index contributed by atoms with van der Waals surface area (Å²) in [5.41, 5.74) is 1.24. The van der Waals surface area contributed by atoms with Crippen molar-refractivity contribution in [2.75, 3.05) is 0 Å². The fourth-order valence-corrected chi connectivity index (χ4v) is 0.818. The number of carbonyl (C=O) groups excluding carboxylic acids is 1. The summed E-state index contributed by atoms with van der Waals surface area (Å²) in [6.45, 7) is 11.2. The highest BCUT2D eigenvalue weighted by atomic mass is 16.1. The van der Waals surface area contributed by atoms with Crippen LogP contribution in [0.2, 0.25) is 0 Å². The SMILES string of the molecule is C=O.CC.CCCn1cc(C)cn1. The van der Waals surface area contributed by atoms with E-state index in [1.54, 1.807) is 0 Å². The van der Waals surface area contributed by atoms with E-state index in [0.717, 1.165) is 13.0 Å². The van der Waals surface area contributed by atoms with Crippen molar-refractivity contribution in [1.29, 1.82) is 0 Å². The standard InChI is InChI=1S/C7H12N2.C2H6.CH2O/c1-3-4-9-6-7(2)5-8-9;2*1-2/h5-6H,3-4H2,1-2H3;1-2H3;1H2. The maximum absolute atomic E-state index is 8.00. The lowest BCUT2D eigenvalue weighted by Crippen LogP contribution is -1.95. The van der Waals surface area contributed by atoms with Crippen LogP contribution in [0.25, 0.3) is 0 Å². The molecule has 0 saturated carbocycles. The molecule has 0 spiro atoms. The van der Waals surface area contributed by atoms with E-state index >= 15 is 0 Å². The van der Waals surface area contributed by atoms with E-state index in [-0.39, 0.29) is 0 Å². The van der Waals surface area contributed by atoms with Crippen molar-refractivity contribution in [3.8, 4) is 0 Å². The van der Waals surface area contributed by atoms with E-state index in [0.29, 0.717) is 0 Å². The zero-order valence-electron chi connectivity index (χ0n) is 9.08. The first-order chi connectivity index (χ1) is 6.33. The summed E-state index contributed by atoms with van der Waals surface area (Å²) in [6.07, 6.45) is 5.10. The third-order valence-corrected chi connectivity index (χ3v) is 1.22. The largest absolute Gasteiger partial charge is 0.307 e. The quantitative estimate of drug-likeness (QED) is 0.707. The molecule has 1 aromatic rings. The number of hydrogen-bond donors (Lipinski definition) is 0. The molecule has 0 N–H and O–H groups in total. The first-order valence-corrected chi connectivity index (χ1v) is 4.61. The van der Waals surface area contributed by atoms with Gasteiger partial charge in [-0.05, 0) is 18.9 Å². The molecule has 76 valence electrons. The van der Waals surface area contributed by atoms with Gasteiger partial charge in [0, 0.05) is 12.7 Å². The van der Waals surface area contributed by atoms with Gasteiger partial charge in [-0.3, -0.25) is 4.68 Å². The van der Waals surface area contributed by atoms with Crippen LogP contribution in [-0.2, 0) is 11.3 Å². The molecule has 0 aromatic carbocycles. The number of aromatic nitrogens is 2. The number of carbonyl (C=O) groups is 1. The lowest BCUT2D eigenvalue weighted by atomic mass is 10.4. The van der Waals surface area contributed by atoms with Gasteiger partial charge in [0.1, 0.15) is 6.79 Å². The van der Waals surface area contributed by atoms with Crippen molar-refractivity contribution in [3.05, 3.63) is 18.0 Å². The second kappa shape index (κ2) is 10.9. The molecule has 1 aromatic heterocycles. The molecule has 0 fully saturated rings. The second-order valence-corrected chi connectivity index (χ2v) is 2.28. The Labute approximate surface area is 80.8 Å². The molecular formula is C10H20N2O. The maximum Gasteiger partial charge on any atom is 0.106 e. The molecule has 3 nitrogen and oxygen atoms in total. The highest BCUT2D eigenvalue weighted by molar-refractivity contribution is 5.11. The van der Waals surface area contributed by atoms with E-state index in [1.165, 1.54) is 5.56 Å². The lowest BCUT2D eigenvalue weighted by molar-refractivity contribution is -0.0979. The molecule has 0 radical (unpaired) electrons. The zero-order valence-corrected chi connectivity index (χ0v) is 9.08. The third-order valence-electron chi connectivity index (χ3n) is 1.22. The molecular weight excluding hydrogens is 164 g/mol. The number of aryl methyl sites for hydroxylation is 2. The Morgan fingerprint density at radius 2 is 2.00 bits per heavy atom. The van der Waals surface area contributed by atoms with E-state index < -0.39 is 0 Å². The Hall–Kier alpha value is -1.12. The van der Waals surface area contributed by atoms with Gasteiger partial charge in [0.05, 0.1) is 6.20 Å². The molecule has 0 atom stereocenters. The second-order valence-electron chi connectivity index (χ2n) is 2.28. The van der Waals surface area contributed by atoms with Gasteiger partial charge in [-0.1, -0.05) is 20.8 Å². The fraction of sp³-hybridized carbons (Fsp3) is 0.600. The molecule has 1 heterocycles. The third kappa shape index (κ3) is 7.25. The fourth-order valence-electron chi connectivity index (χ4n) is 0.818. The van der Waals surface area contributed by atoms with E-state index in [1.807, 2.05) is 31.5 Å². The summed E-state index contributed by atoms with van der Waals surface area (Å²) < 4.78 is 1.97. The number of rotatable bonds is 2. The summed E-state index contributed by atoms with van der Waals surface area (Å²) in [5, 5.41) is 4.12. The Morgan fingerprint density at radius 3 is 2.31 bits per heavy atom. The van der Waals surface area contributed by atoms with Gasteiger partial charge in [-0.25, -0.2) is 0 Å². The van der Waals surface area contributed by atoms with Crippen molar-refractivity contribution >= 4 is 6.79 Å². The molecule has 0 aliphatic heterocycles. The number of hydrogen-bond acceptors (Lipinski definition) is 2. The van der Waals surface area contributed by atoms with Gasteiger partial charge in [0.25, 0.3) is 0 Å².